The van der Waals surface area contributed by atoms with Crippen molar-refractivity contribution in [2.24, 2.45) is 4.40 Å². The molecular weight excluding hydrogens is 194 g/mol. The number of nitrogens with zero attached hydrogens (tertiary/aromatic N) is 2. The average molecular weight is 199 g/mol. The number of amidine groups is 1. The zero-order valence-electron chi connectivity index (χ0n) is 5.93. The molecule has 6 heteroatoms. The van der Waals surface area contributed by atoms with Gasteiger partial charge < -0.3 is 0 Å². The fraction of sp³-hybridized carbons (Fsp3) is 0. The summed E-state index contributed by atoms with van der Waals surface area (Å²) in [7, 11) is -0.121. The Morgan fingerprint density at radius 1 is 1.50 bits per heavy atom. The van der Waals surface area contributed by atoms with Crippen LogP contribution in [0.2, 0.25) is 0 Å². The zero-order valence-corrected chi connectivity index (χ0v) is 7.56. The van der Waals surface area contributed by atoms with Crippen LogP contribution in [0.25, 0.3) is 0 Å². The highest BCUT2D eigenvalue weighted by Crippen LogP contribution is 2.14. The van der Waals surface area contributed by atoms with E-state index in [0.717, 1.165) is 16.7 Å². The second-order valence-corrected chi connectivity index (χ2v) is 4.40. The van der Waals surface area contributed by atoms with Crippen molar-refractivity contribution in [1.82, 2.24) is 9.71 Å². The summed E-state index contributed by atoms with van der Waals surface area (Å²) in [6, 6.07) is 5.50. The fourth-order valence-electron chi connectivity index (χ4n) is 0.789. The Labute approximate surface area is 75.6 Å². The van der Waals surface area contributed by atoms with Crippen LogP contribution in [0.5, 0.6) is 0 Å². The molecule has 2 heterocycles. The molecule has 12 heavy (non-hydrogen) atoms. The first-order chi connectivity index (χ1) is 5.86. The van der Waals surface area contributed by atoms with Crippen molar-refractivity contribution in [1.29, 1.82) is 0 Å². The first-order valence-electron chi connectivity index (χ1n) is 3.21. The van der Waals surface area contributed by atoms with E-state index in [1.54, 1.807) is 6.20 Å². The van der Waals surface area contributed by atoms with Gasteiger partial charge in [-0.2, -0.15) is 4.40 Å². The first-order valence-corrected chi connectivity index (χ1v) is 5.65. The summed E-state index contributed by atoms with van der Waals surface area (Å²) >= 11 is 0. The van der Waals surface area contributed by atoms with Gasteiger partial charge >= 0.3 is 0 Å². The van der Waals surface area contributed by atoms with E-state index in [1.807, 2.05) is 18.2 Å². The second-order valence-electron chi connectivity index (χ2n) is 2.06. The molecule has 1 aromatic rings. The maximum absolute atomic E-state index is 10.8. The molecule has 0 fully saturated rings. The van der Waals surface area contributed by atoms with Crippen LogP contribution in [0.4, 0.5) is 0 Å². The summed E-state index contributed by atoms with van der Waals surface area (Å²) in [5.41, 5.74) is 0.718. The molecule has 1 N–H and O–H groups in total. The zero-order chi connectivity index (χ0) is 8.39. The lowest BCUT2D eigenvalue weighted by Gasteiger charge is -1.95. The van der Waals surface area contributed by atoms with E-state index in [4.69, 9.17) is 0 Å². The van der Waals surface area contributed by atoms with Crippen LogP contribution in [0, 0.1) is 0 Å². The molecule has 1 aliphatic heterocycles. The number of aromatic nitrogens is 1. The Morgan fingerprint density at radius 2 is 2.42 bits per heavy atom. The minimum absolute atomic E-state index is 0.582. The SMILES string of the molecule is O=[S@@]1N=C(c2ccccn2)NS1. The van der Waals surface area contributed by atoms with Gasteiger partial charge in [0.2, 0.25) is 10.0 Å². The normalized spacial score (nSPS) is 21.7. The first kappa shape index (κ1) is 7.75. The Balaban J connectivity index is 2.33. The third kappa shape index (κ3) is 1.49. The van der Waals surface area contributed by atoms with E-state index >= 15 is 0 Å². The average Bonchev–Trinajstić information content (AvgIpc) is 2.54. The van der Waals surface area contributed by atoms with Crippen molar-refractivity contribution < 1.29 is 4.21 Å². The molecule has 1 atom stereocenters. The fourth-order valence-corrected chi connectivity index (χ4v) is 2.26. The van der Waals surface area contributed by atoms with Crippen LogP contribution in [-0.2, 0) is 10.0 Å². The minimum Gasteiger partial charge on any atom is -0.299 e. The maximum atomic E-state index is 10.8. The highest BCUT2D eigenvalue weighted by Gasteiger charge is 2.14. The highest BCUT2D eigenvalue weighted by molar-refractivity contribution is 8.68. The van der Waals surface area contributed by atoms with Crippen LogP contribution in [0.15, 0.2) is 28.8 Å². The van der Waals surface area contributed by atoms with Crippen LogP contribution in [-0.4, -0.2) is 15.0 Å². The van der Waals surface area contributed by atoms with E-state index in [2.05, 4.69) is 14.1 Å². The van der Waals surface area contributed by atoms with Gasteiger partial charge in [-0.15, -0.1) is 0 Å². The summed E-state index contributed by atoms with van der Waals surface area (Å²) in [5, 5.41) is 0. The number of hydrogen-bond donors (Lipinski definition) is 1. The van der Waals surface area contributed by atoms with Gasteiger partial charge in [-0.1, -0.05) is 6.07 Å². The molecule has 0 bridgehead atoms. The van der Waals surface area contributed by atoms with Gasteiger partial charge in [-0.3, -0.25) is 9.71 Å². The monoisotopic (exact) mass is 199 g/mol. The van der Waals surface area contributed by atoms with E-state index in [1.165, 1.54) is 0 Å². The molecule has 0 amide bonds. The predicted molar refractivity (Wildman–Crippen MR) is 49.6 cm³/mol. The largest absolute Gasteiger partial charge is 0.299 e. The van der Waals surface area contributed by atoms with Gasteiger partial charge in [0.15, 0.2) is 5.84 Å². The van der Waals surface area contributed by atoms with Gasteiger partial charge in [0.1, 0.15) is 5.69 Å². The molecule has 0 saturated carbocycles. The van der Waals surface area contributed by atoms with Crippen LogP contribution < -0.4 is 4.72 Å². The Kier molecular flexibility index (Phi) is 2.09. The standard InChI is InChI=1S/C6H5N3OS2/c10-12-9-6(8-11-12)5-3-1-2-4-7-5/h1-4H,(H,8,9)/t12-/m0/s1. The number of hydrogen-bond acceptors (Lipinski definition) is 4. The van der Waals surface area contributed by atoms with Gasteiger partial charge in [-0.05, 0) is 12.1 Å². The lowest BCUT2D eigenvalue weighted by Crippen LogP contribution is -2.13. The summed E-state index contributed by atoms with van der Waals surface area (Å²) in [5.74, 6) is 0.582. The lowest BCUT2D eigenvalue weighted by molar-refractivity contribution is 0.693. The number of nitrogens with one attached hydrogen (secondary N) is 1. The lowest BCUT2D eigenvalue weighted by atomic mass is 10.3. The Hall–Kier alpha value is -0.880. The molecule has 1 aromatic heterocycles. The third-order valence-corrected chi connectivity index (χ3v) is 2.94. The summed E-state index contributed by atoms with van der Waals surface area (Å²) < 4.78 is 17.5. The number of pyridine rings is 1. The van der Waals surface area contributed by atoms with Crippen molar-refractivity contribution in [3.8, 4) is 0 Å². The molecule has 0 spiro atoms. The van der Waals surface area contributed by atoms with Gasteiger partial charge in [-0.25, -0.2) is 4.21 Å². The molecule has 4 nitrogen and oxygen atoms in total. The van der Waals surface area contributed by atoms with Crippen molar-refractivity contribution in [2.75, 3.05) is 0 Å². The van der Waals surface area contributed by atoms with Crippen molar-refractivity contribution >= 4 is 26.8 Å². The van der Waals surface area contributed by atoms with Crippen LogP contribution in [0.3, 0.4) is 0 Å². The van der Waals surface area contributed by atoms with Crippen molar-refractivity contribution in [3.05, 3.63) is 30.1 Å². The predicted octanol–water partition coefficient (Wildman–Crippen LogP) is 0.658. The van der Waals surface area contributed by atoms with Crippen molar-refractivity contribution in [2.45, 2.75) is 0 Å². The van der Waals surface area contributed by atoms with Gasteiger partial charge in [0.05, 0.1) is 11.0 Å². The minimum atomic E-state index is -1.20. The smallest absolute Gasteiger partial charge is 0.224 e. The maximum Gasteiger partial charge on any atom is 0.224 e. The van der Waals surface area contributed by atoms with Crippen molar-refractivity contribution in [3.63, 3.8) is 0 Å². The molecule has 0 radical (unpaired) electrons. The molecule has 0 aromatic carbocycles. The molecule has 62 valence electrons. The van der Waals surface area contributed by atoms with E-state index in [0.29, 0.717) is 5.84 Å². The highest BCUT2D eigenvalue weighted by atomic mass is 33.1. The van der Waals surface area contributed by atoms with Gasteiger partial charge in [0, 0.05) is 6.20 Å². The summed E-state index contributed by atoms with van der Waals surface area (Å²) in [6.07, 6.45) is 1.67. The Morgan fingerprint density at radius 3 is 3.00 bits per heavy atom. The molecule has 0 aliphatic carbocycles. The molecule has 1 aliphatic rings. The van der Waals surface area contributed by atoms with E-state index in [-0.39, 0.29) is 0 Å². The molecular formula is C6H5N3OS2. The summed E-state index contributed by atoms with van der Waals surface area (Å²) in [6.45, 7) is 0. The molecule has 2 rings (SSSR count). The van der Waals surface area contributed by atoms with Crippen LogP contribution >= 0.6 is 11.0 Å². The van der Waals surface area contributed by atoms with E-state index < -0.39 is 10.0 Å². The summed E-state index contributed by atoms with van der Waals surface area (Å²) in [4.78, 5) is 4.05. The van der Waals surface area contributed by atoms with Crippen LogP contribution in [0.1, 0.15) is 5.69 Å². The quantitative estimate of drug-likeness (QED) is 0.533. The number of rotatable bonds is 1. The van der Waals surface area contributed by atoms with Gasteiger partial charge in [0.25, 0.3) is 0 Å². The third-order valence-electron chi connectivity index (χ3n) is 1.28. The van der Waals surface area contributed by atoms with E-state index in [9.17, 15) is 4.21 Å². The molecule has 0 unspecified atom stereocenters. The second kappa shape index (κ2) is 3.24. The Bertz CT molecular complexity index is 338. The molecule has 0 saturated heterocycles. The topological polar surface area (TPSA) is 54.4 Å².